The van der Waals surface area contributed by atoms with E-state index in [-0.39, 0.29) is 34.4 Å². The lowest BCUT2D eigenvalue weighted by atomic mass is 10.1. The van der Waals surface area contributed by atoms with E-state index in [9.17, 15) is 19.7 Å². The van der Waals surface area contributed by atoms with Crippen LogP contribution in [0.2, 0.25) is 10.0 Å². The van der Waals surface area contributed by atoms with Crippen LogP contribution in [0.1, 0.15) is 24.2 Å². The molecule has 0 saturated heterocycles. The number of hydrogen-bond acceptors (Lipinski definition) is 7. The number of amides is 1. The summed E-state index contributed by atoms with van der Waals surface area (Å²) in [5.74, 6) is -1.57. The number of hydrogen-bond donors (Lipinski definition) is 1. The van der Waals surface area contributed by atoms with Gasteiger partial charge in [0, 0.05) is 11.1 Å². The topological polar surface area (TPSA) is 117 Å². The number of nitro benzene ring substituents is 1. The van der Waals surface area contributed by atoms with Crippen molar-refractivity contribution in [3.63, 3.8) is 0 Å². The Labute approximate surface area is 182 Å². The van der Waals surface area contributed by atoms with Gasteiger partial charge in [0.15, 0.2) is 17.6 Å². The molecular formula is C19H18Cl2N2O7. The van der Waals surface area contributed by atoms with Crippen molar-refractivity contribution in [2.45, 2.75) is 20.0 Å². The molecule has 0 aromatic heterocycles. The second-order valence-corrected chi connectivity index (χ2v) is 6.71. The Kier molecular flexibility index (Phi) is 7.85. The summed E-state index contributed by atoms with van der Waals surface area (Å²) in [6.45, 7) is 3.25. The molecule has 0 aliphatic rings. The molecular weight excluding hydrogens is 439 g/mol. The standard InChI is InChI=1S/C19H18Cl2N2O7/c1-4-29-17-8-12(15(23(26)27)9-16(17)28-3)19(25)30-10(2)18(24)22-14-7-11(20)5-6-13(14)21/h5-10H,4H2,1-3H3,(H,22,24)/t10-/m1/s1. The van der Waals surface area contributed by atoms with Crippen LogP contribution in [0, 0.1) is 10.1 Å². The maximum Gasteiger partial charge on any atom is 0.346 e. The van der Waals surface area contributed by atoms with Gasteiger partial charge in [0.1, 0.15) is 5.56 Å². The number of ether oxygens (including phenoxy) is 3. The van der Waals surface area contributed by atoms with Crippen molar-refractivity contribution in [1.82, 2.24) is 0 Å². The molecule has 1 atom stereocenters. The molecule has 1 amide bonds. The number of benzene rings is 2. The van der Waals surface area contributed by atoms with Gasteiger partial charge >= 0.3 is 5.97 Å². The quantitative estimate of drug-likeness (QED) is 0.353. The SMILES string of the molecule is CCOc1cc(C(=O)O[C@H](C)C(=O)Nc2cc(Cl)ccc2Cl)c([N+](=O)[O-])cc1OC. The molecule has 2 rings (SSSR count). The highest BCUT2D eigenvalue weighted by Crippen LogP contribution is 2.35. The first kappa shape index (κ1) is 23.2. The number of nitrogens with zero attached hydrogens (tertiary/aromatic N) is 1. The molecule has 160 valence electrons. The Morgan fingerprint density at radius 3 is 2.50 bits per heavy atom. The molecule has 0 spiro atoms. The molecule has 11 heteroatoms. The predicted octanol–water partition coefficient (Wildman–Crippen LogP) is 4.49. The number of methoxy groups -OCH3 is 1. The van der Waals surface area contributed by atoms with Crippen molar-refractivity contribution in [2.75, 3.05) is 19.0 Å². The van der Waals surface area contributed by atoms with Gasteiger partial charge in [-0.25, -0.2) is 4.79 Å². The summed E-state index contributed by atoms with van der Waals surface area (Å²) in [6.07, 6.45) is -1.29. The third-order valence-electron chi connectivity index (χ3n) is 3.84. The van der Waals surface area contributed by atoms with E-state index in [0.29, 0.717) is 5.02 Å². The summed E-state index contributed by atoms with van der Waals surface area (Å²) in [4.78, 5) is 35.6. The molecule has 1 N–H and O–H groups in total. The normalized spacial score (nSPS) is 11.4. The molecule has 0 radical (unpaired) electrons. The van der Waals surface area contributed by atoms with E-state index >= 15 is 0 Å². The Balaban J connectivity index is 2.25. The van der Waals surface area contributed by atoms with Crippen LogP contribution in [0.3, 0.4) is 0 Å². The Bertz CT molecular complexity index is 982. The van der Waals surface area contributed by atoms with Crippen LogP contribution in [0.25, 0.3) is 0 Å². The lowest BCUT2D eigenvalue weighted by molar-refractivity contribution is -0.385. The van der Waals surface area contributed by atoms with E-state index in [0.717, 1.165) is 12.1 Å². The van der Waals surface area contributed by atoms with Crippen LogP contribution in [0.15, 0.2) is 30.3 Å². The highest BCUT2D eigenvalue weighted by Gasteiger charge is 2.28. The fourth-order valence-electron chi connectivity index (χ4n) is 2.40. The van der Waals surface area contributed by atoms with Crippen LogP contribution < -0.4 is 14.8 Å². The maximum absolute atomic E-state index is 12.6. The van der Waals surface area contributed by atoms with E-state index in [4.69, 9.17) is 37.4 Å². The van der Waals surface area contributed by atoms with E-state index in [1.165, 1.54) is 26.2 Å². The van der Waals surface area contributed by atoms with Gasteiger partial charge < -0.3 is 19.5 Å². The first-order valence-corrected chi connectivity index (χ1v) is 9.39. The predicted molar refractivity (Wildman–Crippen MR) is 111 cm³/mol. The molecule has 0 aliphatic heterocycles. The zero-order valence-electron chi connectivity index (χ0n) is 16.2. The van der Waals surface area contributed by atoms with Crippen LogP contribution in [0.5, 0.6) is 11.5 Å². The fourth-order valence-corrected chi connectivity index (χ4v) is 2.73. The van der Waals surface area contributed by atoms with Crippen molar-refractivity contribution in [3.8, 4) is 11.5 Å². The Morgan fingerprint density at radius 2 is 1.90 bits per heavy atom. The fraction of sp³-hybridized carbons (Fsp3) is 0.263. The number of nitro groups is 1. The summed E-state index contributed by atoms with van der Waals surface area (Å²) in [6, 6.07) is 6.66. The first-order valence-electron chi connectivity index (χ1n) is 8.64. The number of carbonyl (C=O) groups excluding carboxylic acids is 2. The zero-order chi connectivity index (χ0) is 22.4. The van der Waals surface area contributed by atoms with Crippen molar-refractivity contribution >= 4 is 46.5 Å². The minimum Gasteiger partial charge on any atom is -0.493 e. The van der Waals surface area contributed by atoms with Gasteiger partial charge in [0.2, 0.25) is 0 Å². The Morgan fingerprint density at radius 1 is 1.20 bits per heavy atom. The number of nitrogens with one attached hydrogen (secondary N) is 1. The molecule has 0 heterocycles. The number of esters is 1. The van der Waals surface area contributed by atoms with Crippen LogP contribution in [0.4, 0.5) is 11.4 Å². The first-order chi connectivity index (χ1) is 14.2. The highest BCUT2D eigenvalue weighted by molar-refractivity contribution is 6.35. The Hall–Kier alpha value is -3.04. The number of anilines is 1. The number of carbonyl (C=O) groups is 2. The van der Waals surface area contributed by atoms with Gasteiger partial charge in [-0.05, 0) is 32.0 Å². The van der Waals surface area contributed by atoms with Crippen LogP contribution in [-0.4, -0.2) is 36.6 Å². The largest absolute Gasteiger partial charge is 0.493 e. The summed E-state index contributed by atoms with van der Waals surface area (Å²) >= 11 is 11.9. The van der Waals surface area contributed by atoms with Crippen molar-refractivity contribution < 1.29 is 28.7 Å². The zero-order valence-corrected chi connectivity index (χ0v) is 17.7. The van der Waals surface area contributed by atoms with E-state index in [2.05, 4.69) is 5.32 Å². The molecule has 0 aliphatic carbocycles. The second-order valence-electron chi connectivity index (χ2n) is 5.87. The van der Waals surface area contributed by atoms with Gasteiger partial charge in [-0.2, -0.15) is 0 Å². The highest BCUT2D eigenvalue weighted by atomic mass is 35.5. The average molecular weight is 457 g/mol. The third-order valence-corrected chi connectivity index (χ3v) is 4.40. The van der Waals surface area contributed by atoms with E-state index in [1.54, 1.807) is 13.0 Å². The summed E-state index contributed by atoms with van der Waals surface area (Å²) < 4.78 is 15.5. The summed E-state index contributed by atoms with van der Waals surface area (Å²) in [7, 11) is 1.31. The minimum atomic E-state index is -1.29. The number of halogens is 2. The molecule has 9 nitrogen and oxygen atoms in total. The molecule has 0 fully saturated rings. The van der Waals surface area contributed by atoms with Crippen LogP contribution >= 0.6 is 23.2 Å². The molecule has 0 bridgehead atoms. The van der Waals surface area contributed by atoms with Crippen molar-refractivity contribution in [3.05, 3.63) is 56.1 Å². The molecule has 0 saturated carbocycles. The van der Waals surface area contributed by atoms with Gasteiger partial charge in [0.25, 0.3) is 11.6 Å². The molecule has 0 unspecified atom stereocenters. The van der Waals surface area contributed by atoms with E-state index in [1.807, 2.05) is 0 Å². The van der Waals surface area contributed by atoms with E-state index < -0.39 is 28.6 Å². The number of rotatable bonds is 8. The maximum atomic E-state index is 12.6. The average Bonchev–Trinajstić information content (AvgIpc) is 2.70. The van der Waals surface area contributed by atoms with Crippen LogP contribution in [-0.2, 0) is 9.53 Å². The van der Waals surface area contributed by atoms with Crippen molar-refractivity contribution in [2.24, 2.45) is 0 Å². The van der Waals surface area contributed by atoms with Crippen molar-refractivity contribution in [1.29, 1.82) is 0 Å². The van der Waals surface area contributed by atoms with Gasteiger partial charge in [-0.15, -0.1) is 0 Å². The lowest BCUT2D eigenvalue weighted by Gasteiger charge is -2.15. The second kappa shape index (κ2) is 10.1. The summed E-state index contributed by atoms with van der Waals surface area (Å²) in [5, 5.41) is 14.5. The molecule has 2 aromatic rings. The monoisotopic (exact) mass is 456 g/mol. The third kappa shape index (κ3) is 5.52. The summed E-state index contributed by atoms with van der Waals surface area (Å²) in [5.41, 5.74) is -0.707. The van der Waals surface area contributed by atoms with Gasteiger partial charge in [-0.1, -0.05) is 23.2 Å². The van der Waals surface area contributed by atoms with Gasteiger partial charge in [-0.3, -0.25) is 14.9 Å². The minimum absolute atomic E-state index is 0.0847. The van der Waals surface area contributed by atoms with Gasteiger partial charge in [0.05, 0.1) is 35.4 Å². The smallest absolute Gasteiger partial charge is 0.346 e. The molecule has 30 heavy (non-hydrogen) atoms. The lowest BCUT2D eigenvalue weighted by Crippen LogP contribution is -2.30. The molecule has 2 aromatic carbocycles.